The minimum Gasteiger partial charge on any atom is -0.481 e. The number of hydrogen-bond acceptors (Lipinski definition) is 3. The lowest BCUT2D eigenvalue weighted by atomic mass is 10.0. The molecule has 32 heavy (non-hydrogen) atoms. The fraction of sp³-hybridized carbons (Fsp3) is 0.857. The monoisotopic (exact) mass is 452 g/mol. The largest absolute Gasteiger partial charge is 0.481 e. The van der Waals surface area contributed by atoms with Gasteiger partial charge in [-0.1, -0.05) is 90.2 Å². The zero-order valence-electron chi connectivity index (χ0n) is 21.3. The Kier molecular flexibility index (Phi) is 23.3. The number of carbonyl (C=O) groups excluding carboxylic acids is 1. The molecule has 0 fully saturated rings. The summed E-state index contributed by atoms with van der Waals surface area (Å²) in [6.45, 7) is 4.45. The molecule has 0 aromatic carbocycles. The highest BCUT2D eigenvalue weighted by Gasteiger charge is 2.14. The number of aliphatic carboxylic acids is 1. The van der Waals surface area contributed by atoms with Crippen LogP contribution in [0, 0.1) is 0 Å². The Balaban J connectivity index is 3.94. The average Bonchev–Trinajstić information content (AvgIpc) is 2.77. The Morgan fingerprint density at radius 2 is 1.16 bits per heavy atom. The lowest BCUT2D eigenvalue weighted by Gasteiger charge is -2.18. The van der Waals surface area contributed by atoms with Gasteiger partial charge in [0.2, 0.25) is 0 Å². The lowest BCUT2D eigenvalue weighted by Crippen LogP contribution is -2.18. The van der Waals surface area contributed by atoms with Crippen LogP contribution in [0.3, 0.4) is 0 Å². The third kappa shape index (κ3) is 23.3. The van der Waals surface area contributed by atoms with E-state index in [0.29, 0.717) is 12.8 Å². The van der Waals surface area contributed by atoms with Crippen molar-refractivity contribution in [1.29, 1.82) is 0 Å². The van der Waals surface area contributed by atoms with E-state index in [0.717, 1.165) is 38.5 Å². The second kappa shape index (κ2) is 24.3. The summed E-state index contributed by atoms with van der Waals surface area (Å²) in [4.78, 5) is 23.0. The van der Waals surface area contributed by atoms with Crippen molar-refractivity contribution in [2.75, 3.05) is 0 Å². The van der Waals surface area contributed by atoms with E-state index in [1.807, 2.05) is 0 Å². The molecule has 0 aliphatic carbocycles. The minimum atomic E-state index is -0.748. The maximum Gasteiger partial charge on any atom is 0.306 e. The summed E-state index contributed by atoms with van der Waals surface area (Å²) in [6.07, 6.45) is 26.4. The Hall–Kier alpha value is -1.32. The molecule has 0 heterocycles. The number of unbranched alkanes of at least 4 members (excludes halogenated alkanes) is 13. The summed E-state index contributed by atoms with van der Waals surface area (Å²) >= 11 is 0. The van der Waals surface area contributed by atoms with Crippen molar-refractivity contribution >= 4 is 11.9 Å². The maximum atomic E-state index is 12.3. The lowest BCUT2D eigenvalue weighted by molar-refractivity contribution is -0.150. The molecule has 4 nitrogen and oxygen atoms in total. The first kappa shape index (κ1) is 30.7. The van der Waals surface area contributed by atoms with Gasteiger partial charge in [-0.2, -0.15) is 0 Å². The van der Waals surface area contributed by atoms with Gasteiger partial charge in [-0.05, 0) is 57.8 Å². The highest BCUT2D eigenvalue weighted by molar-refractivity contribution is 5.69. The van der Waals surface area contributed by atoms with Crippen molar-refractivity contribution in [2.24, 2.45) is 0 Å². The SMILES string of the molecule is CCCC/C=C\CCCCCCCC(=O)OC(CCCCCCCC)CCCCC(=O)O. The fourth-order valence-electron chi connectivity index (χ4n) is 3.93. The number of carboxylic acid groups (broad SMARTS) is 1. The number of carbonyl (C=O) groups is 2. The van der Waals surface area contributed by atoms with Crippen molar-refractivity contribution in [3.63, 3.8) is 0 Å². The van der Waals surface area contributed by atoms with E-state index in [1.54, 1.807) is 0 Å². The summed E-state index contributed by atoms with van der Waals surface area (Å²) in [7, 11) is 0. The van der Waals surface area contributed by atoms with E-state index in [2.05, 4.69) is 26.0 Å². The molecule has 0 spiro atoms. The molecule has 0 saturated heterocycles. The van der Waals surface area contributed by atoms with E-state index in [-0.39, 0.29) is 18.5 Å². The van der Waals surface area contributed by atoms with E-state index < -0.39 is 5.97 Å². The molecule has 0 saturated carbocycles. The second-order valence-electron chi connectivity index (χ2n) is 9.23. The number of carboxylic acids is 1. The van der Waals surface area contributed by atoms with E-state index >= 15 is 0 Å². The van der Waals surface area contributed by atoms with Crippen LogP contribution in [-0.2, 0) is 14.3 Å². The van der Waals surface area contributed by atoms with Crippen molar-refractivity contribution < 1.29 is 19.4 Å². The molecule has 0 amide bonds. The zero-order chi connectivity index (χ0) is 23.7. The van der Waals surface area contributed by atoms with Crippen molar-refractivity contribution in [1.82, 2.24) is 0 Å². The molecular weight excluding hydrogens is 400 g/mol. The summed E-state index contributed by atoms with van der Waals surface area (Å²) in [6, 6.07) is 0. The predicted molar refractivity (Wildman–Crippen MR) is 135 cm³/mol. The van der Waals surface area contributed by atoms with Gasteiger partial charge in [0.15, 0.2) is 0 Å². The molecule has 188 valence electrons. The van der Waals surface area contributed by atoms with Crippen LogP contribution < -0.4 is 0 Å². The zero-order valence-corrected chi connectivity index (χ0v) is 21.3. The van der Waals surface area contributed by atoms with Crippen LogP contribution in [0.4, 0.5) is 0 Å². The third-order valence-corrected chi connectivity index (χ3v) is 5.99. The summed E-state index contributed by atoms with van der Waals surface area (Å²) in [5.41, 5.74) is 0. The van der Waals surface area contributed by atoms with Gasteiger partial charge >= 0.3 is 11.9 Å². The first-order valence-corrected chi connectivity index (χ1v) is 13.7. The molecule has 1 atom stereocenters. The van der Waals surface area contributed by atoms with E-state index in [1.165, 1.54) is 77.0 Å². The van der Waals surface area contributed by atoms with Gasteiger partial charge in [0.25, 0.3) is 0 Å². The number of rotatable bonds is 24. The molecule has 0 bridgehead atoms. The fourth-order valence-corrected chi connectivity index (χ4v) is 3.93. The van der Waals surface area contributed by atoms with Gasteiger partial charge in [-0.3, -0.25) is 9.59 Å². The van der Waals surface area contributed by atoms with Crippen LogP contribution in [0.2, 0.25) is 0 Å². The molecule has 1 N–H and O–H groups in total. The molecular formula is C28H52O4. The first-order valence-electron chi connectivity index (χ1n) is 13.7. The molecule has 0 aromatic heterocycles. The van der Waals surface area contributed by atoms with Crippen molar-refractivity contribution in [2.45, 2.75) is 155 Å². The van der Waals surface area contributed by atoms with Gasteiger partial charge < -0.3 is 9.84 Å². The van der Waals surface area contributed by atoms with Crippen LogP contribution in [0.15, 0.2) is 12.2 Å². The van der Waals surface area contributed by atoms with Crippen LogP contribution in [0.5, 0.6) is 0 Å². The maximum absolute atomic E-state index is 12.3. The smallest absolute Gasteiger partial charge is 0.306 e. The molecule has 0 aliphatic rings. The van der Waals surface area contributed by atoms with Gasteiger partial charge in [0.1, 0.15) is 6.10 Å². The van der Waals surface area contributed by atoms with Crippen LogP contribution >= 0.6 is 0 Å². The van der Waals surface area contributed by atoms with Crippen molar-refractivity contribution in [3.8, 4) is 0 Å². The molecule has 4 heteroatoms. The summed E-state index contributed by atoms with van der Waals surface area (Å²) in [5, 5.41) is 8.81. The quantitative estimate of drug-likeness (QED) is 0.0902. The van der Waals surface area contributed by atoms with Crippen LogP contribution in [0.1, 0.15) is 149 Å². The highest BCUT2D eigenvalue weighted by Crippen LogP contribution is 2.17. The normalized spacial score (nSPS) is 12.3. The summed E-state index contributed by atoms with van der Waals surface area (Å²) < 4.78 is 5.78. The number of ether oxygens (including phenoxy) is 1. The number of esters is 1. The Labute approximate surface area is 198 Å². The topological polar surface area (TPSA) is 63.6 Å². The molecule has 0 rings (SSSR count). The van der Waals surface area contributed by atoms with Gasteiger partial charge in [-0.25, -0.2) is 0 Å². The van der Waals surface area contributed by atoms with Crippen molar-refractivity contribution in [3.05, 3.63) is 12.2 Å². The molecule has 0 radical (unpaired) electrons. The summed E-state index contributed by atoms with van der Waals surface area (Å²) in [5.74, 6) is -0.819. The Morgan fingerprint density at radius 3 is 1.81 bits per heavy atom. The molecule has 0 aromatic rings. The van der Waals surface area contributed by atoms with Gasteiger partial charge in [0, 0.05) is 12.8 Å². The van der Waals surface area contributed by atoms with Crippen LogP contribution in [0.25, 0.3) is 0 Å². The van der Waals surface area contributed by atoms with Gasteiger partial charge in [0.05, 0.1) is 0 Å². The molecule has 1 unspecified atom stereocenters. The Bertz CT molecular complexity index is 458. The third-order valence-electron chi connectivity index (χ3n) is 5.99. The number of hydrogen-bond donors (Lipinski definition) is 1. The van der Waals surface area contributed by atoms with Gasteiger partial charge in [-0.15, -0.1) is 0 Å². The van der Waals surface area contributed by atoms with Crippen LogP contribution in [-0.4, -0.2) is 23.1 Å². The Morgan fingerprint density at radius 1 is 0.656 bits per heavy atom. The minimum absolute atomic E-state index is 0.0398. The second-order valence-corrected chi connectivity index (χ2v) is 9.23. The number of allylic oxidation sites excluding steroid dienone is 2. The first-order chi connectivity index (χ1) is 15.6. The van der Waals surface area contributed by atoms with E-state index in [4.69, 9.17) is 9.84 Å². The average molecular weight is 453 g/mol. The molecule has 0 aliphatic heterocycles. The standard InChI is InChI=1S/C28H52O4/c1-3-5-7-9-11-12-13-14-15-17-19-25-28(31)32-26(23-20-21-24-27(29)30)22-18-16-10-8-6-4-2/h9,11,26H,3-8,10,12-25H2,1-2H3,(H,29,30)/b11-9-. The predicted octanol–water partition coefficient (Wildman–Crippen LogP) is 8.77. The highest BCUT2D eigenvalue weighted by atomic mass is 16.5. The van der Waals surface area contributed by atoms with E-state index in [9.17, 15) is 9.59 Å².